The van der Waals surface area contributed by atoms with Gasteiger partial charge in [-0.05, 0) is 12.8 Å². The third kappa shape index (κ3) is 2.56. The maximum atomic E-state index is 12.1. The van der Waals surface area contributed by atoms with E-state index in [9.17, 15) is 4.39 Å². The van der Waals surface area contributed by atoms with Crippen molar-refractivity contribution in [1.29, 1.82) is 0 Å². The fraction of sp³-hybridized carbons (Fsp3) is 0.800. The van der Waals surface area contributed by atoms with Gasteiger partial charge in [-0.15, -0.1) is 5.10 Å². The number of hydrogen-bond acceptors (Lipinski definition) is 4. The van der Waals surface area contributed by atoms with Crippen LogP contribution in [0, 0.1) is 0 Å². The number of halogens is 1. The maximum Gasteiger partial charge on any atom is 0.108 e. The lowest BCUT2D eigenvalue weighted by Crippen LogP contribution is -2.36. The summed E-state index contributed by atoms with van der Waals surface area (Å²) in [6.07, 6.45) is 3.72. The standard InChI is InChI=1S/C10H17FN4O/c11-3-6-14-4-1-10(2-5-14)15-7-9(8-16)12-13-15/h7,10,16H,1-6,8H2. The molecule has 2 heterocycles. The van der Waals surface area contributed by atoms with E-state index >= 15 is 0 Å². The molecule has 1 N–H and O–H groups in total. The third-order valence-electron chi connectivity index (χ3n) is 3.05. The topological polar surface area (TPSA) is 54.2 Å². The zero-order valence-electron chi connectivity index (χ0n) is 9.22. The Hall–Kier alpha value is -1.01. The molecule has 0 bridgehead atoms. The number of aliphatic hydroxyl groups is 1. The van der Waals surface area contributed by atoms with Crippen molar-refractivity contribution < 1.29 is 9.50 Å². The van der Waals surface area contributed by atoms with E-state index in [2.05, 4.69) is 15.2 Å². The highest BCUT2D eigenvalue weighted by Crippen LogP contribution is 2.21. The van der Waals surface area contributed by atoms with Crippen LogP contribution in [0.1, 0.15) is 24.6 Å². The van der Waals surface area contributed by atoms with Crippen molar-refractivity contribution in [2.75, 3.05) is 26.3 Å². The highest BCUT2D eigenvalue weighted by Gasteiger charge is 2.21. The molecule has 0 atom stereocenters. The number of hydrogen-bond donors (Lipinski definition) is 1. The van der Waals surface area contributed by atoms with E-state index in [1.54, 1.807) is 6.20 Å². The molecule has 0 spiro atoms. The zero-order chi connectivity index (χ0) is 11.4. The van der Waals surface area contributed by atoms with Crippen molar-refractivity contribution in [2.24, 2.45) is 0 Å². The second kappa shape index (κ2) is 5.36. The van der Waals surface area contributed by atoms with E-state index in [0.29, 0.717) is 18.3 Å². The van der Waals surface area contributed by atoms with Crippen molar-refractivity contribution >= 4 is 0 Å². The second-order valence-corrected chi connectivity index (χ2v) is 4.11. The molecule has 0 amide bonds. The number of nitrogens with zero attached hydrogens (tertiary/aromatic N) is 4. The first kappa shape index (κ1) is 11.5. The molecule has 16 heavy (non-hydrogen) atoms. The van der Waals surface area contributed by atoms with Crippen LogP contribution in [-0.2, 0) is 6.61 Å². The fourth-order valence-electron chi connectivity index (χ4n) is 2.09. The van der Waals surface area contributed by atoms with Crippen LogP contribution in [0.5, 0.6) is 0 Å². The zero-order valence-corrected chi connectivity index (χ0v) is 9.22. The first-order valence-corrected chi connectivity index (χ1v) is 5.63. The van der Waals surface area contributed by atoms with Gasteiger partial charge >= 0.3 is 0 Å². The Morgan fingerprint density at radius 1 is 1.44 bits per heavy atom. The lowest BCUT2D eigenvalue weighted by molar-refractivity contribution is 0.168. The summed E-state index contributed by atoms with van der Waals surface area (Å²) in [5.41, 5.74) is 0.603. The number of aromatic nitrogens is 3. The first-order valence-electron chi connectivity index (χ1n) is 5.63. The van der Waals surface area contributed by atoms with Gasteiger partial charge in [0.1, 0.15) is 12.4 Å². The molecule has 0 aromatic carbocycles. The van der Waals surface area contributed by atoms with E-state index in [1.165, 1.54) is 0 Å². The Labute approximate surface area is 93.9 Å². The largest absolute Gasteiger partial charge is 0.390 e. The van der Waals surface area contributed by atoms with Crippen molar-refractivity contribution in [3.63, 3.8) is 0 Å². The van der Waals surface area contributed by atoms with E-state index in [0.717, 1.165) is 25.9 Å². The Morgan fingerprint density at radius 3 is 2.75 bits per heavy atom. The van der Waals surface area contributed by atoms with Crippen molar-refractivity contribution in [2.45, 2.75) is 25.5 Å². The summed E-state index contributed by atoms with van der Waals surface area (Å²) in [5.74, 6) is 0. The minimum absolute atomic E-state index is 0.0688. The van der Waals surface area contributed by atoms with Gasteiger partial charge in [0.05, 0.1) is 18.8 Å². The van der Waals surface area contributed by atoms with Crippen LogP contribution >= 0.6 is 0 Å². The fourth-order valence-corrected chi connectivity index (χ4v) is 2.09. The van der Waals surface area contributed by atoms with Gasteiger partial charge in [0.25, 0.3) is 0 Å². The van der Waals surface area contributed by atoms with Gasteiger partial charge in [-0.25, -0.2) is 9.07 Å². The molecular weight excluding hydrogens is 211 g/mol. The molecule has 1 saturated heterocycles. The number of likely N-dealkylation sites (tertiary alicyclic amines) is 1. The molecule has 6 heteroatoms. The quantitative estimate of drug-likeness (QED) is 0.809. The first-order chi connectivity index (χ1) is 7.83. The van der Waals surface area contributed by atoms with E-state index in [1.807, 2.05) is 4.68 Å². The summed E-state index contributed by atoms with van der Waals surface area (Å²) in [6, 6.07) is 0.337. The molecular formula is C10H17FN4O. The minimum atomic E-state index is -0.275. The predicted octanol–water partition coefficient (Wildman–Crippen LogP) is 0.377. The highest BCUT2D eigenvalue weighted by atomic mass is 19.1. The van der Waals surface area contributed by atoms with Crippen LogP contribution in [0.3, 0.4) is 0 Å². The molecule has 0 saturated carbocycles. The van der Waals surface area contributed by atoms with Crippen LogP contribution in [0.2, 0.25) is 0 Å². The molecule has 1 aromatic rings. The summed E-state index contributed by atoms with van der Waals surface area (Å²) in [6.45, 7) is 2.00. The normalized spacial score (nSPS) is 19.1. The van der Waals surface area contributed by atoms with Crippen LogP contribution in [0.4, 0.5) is 4.39 Å². The lowest BCUT2D eigenvalue weighted by atomic mass is 10.1. The molecule has 0 aliphatic carbocycles. The van der Waals surface area contributed by atoms with E-state index in [-0.39, 0.29) is 13.3 Å². The molecule has 1 aliphatic heterocycles. The summed E-state index contributed by atoms with van der Waals surface area (Å²) >= 11 is 0. The molecule has 0 radical (unpaired) electrons. The Morgan fingerprint density at radius 2 is 2.19 bits per heavy atom. The van der Waals surface area contributed by atoms with Gasteiger partial charge < -0.3 is 10.0 Å². The smallest absolute Gasteiger partial charge is 0.108 e. The maximum absolute atomic E-state index is 12.1. The van der Waals surface area contributed by atoms with Gasteiger partial charge in [0, 0.05) is 19.6 Å². The van der Waals surface area contributed by atoms with Gasteiger partial charge in [0.2, 0.25) is 0 Å². The minimum Gasteiger partial charge on any atom is -0.390 e. The van der Waals surface area contributed by atoms with Crippen LogP contribution in [0.25, 0.3) is 0 Å². The predicted molar refractivity (Wildman–Crippen MR) is 56.6 cm³/mol. The number of rotatable bonds is 4. The number of piperidine rings is 1. The Kier molecular flexibility index (Phi) is 3.84. The van der Waals surface area contributed by atoms with E-state index in [4.69, 9.17) is 5.11 Å². The van der Waals surface area contributed by atoms with Gasteiger partial charge in [0.15, 0.2) is 0 Å². The molecule has 1 fully saturated rings. The van der Waals surface area contributed by atoms with Crippen molar-refractivity contribution in [3.05, 3.63) is 11.9 Å². The molecule has 1 aromatic heterocycles. The SMILES string of the molecule is OCc1cn(C2CCN(CCF)CC2)nn1. The monoisotopic (exact) mass is 228 g/mol. The molecule has 1 aliphatic rings. The van der Waals surface area contributed by atoms with Crippen LogP contribution in [0.15, 0.2) is 6.20 Å². The molecule has 2 rings (SSSR count). The van der Waals surface area contributed by atoms with Crippen LogP contribution in [-0.4, -0.2) is 51.3 Å². The highest BCUT2D eigenvalue weighted by molar-refractivity contribution is 4.91. The van der Waals surface area contributed by atoms with Gasteiger partial charge in [-0.2, -0.15) is 0 Å². The average Bonchev–Trinajstić information content (AvgIpc) is 2.79. The van der Waals surface area contributed by atoms with Crippen molar-refractivity contribution in [1.82, 2.24) is 19.9 Å². The van der Waals surface area contributed by atoms with Crippen molar-refractivity contribution in [3.8, 4) is 0 Å². The Bertz CT molecular complexity index is 322. The summed E-state index contributed by atoms with van der Waals surface area (Å²) in [4.78, 5) is 2.13. The van der Waals surface area contributed by atoms with E-state index < -0.39 is 0 Å². The van der Waals surface area contributed by atoms with Gasteiger partial charge in [-0.1, -0.05) is 5.21 Å². The summed E-state index contributed by atoms with van der Waals surface area (Å²) < 4.78 is 14.0. The Balaban J connectivity index is 1.88. The summed E-state index contributed by atoms with van der Waals surface area (Å²) in [5, 5.41) is 16.7. The average molecular weight is 228 g/mol. The molecule has 5 nitrogen and oxygen atoms in total. The molecule has 0 unspecified atom stereocenters. The number of aliphatic hydroxyl groups excluding tert-OH is 1. The van der Waals surface area contributed by atoms with Gasteiger partial charge in [-0.3, -0.25) is 0 Å². The molecule has 90 valence electrons. The lowest BCUT2D eigenvalue weighted by Gasteiger charge is -2.30. The third-order valence-corrected chi connectivity index (χ3v) is 3.05. The summed E-state index contributed by atoms with van der Waals surface area (Å²) in [7, 11) is 0. The van der Waals surface area contributed by atoms with Crippen LogP contribution < -0.4 is 0 Å². The second-order valence-electron chi connectivity index (χ2n) is 4.11. The number of alkyl halides is 1.